The highest BCUT2D eigenvalue weighted by Gasteiger charge is 2.09. The second-order valence-corrected chi connectivity index (χ2v) is 4.76. The van der Waals surface area contributed by atoms with Crippen molar-refractivity contribution in [1.82, 2.24) is 0 Å². The predicted octanol–water partition coefficient (Wildman–Crippen LogP) is 3.42. The molecular formula is C16H16F2O. The molecule has 0 radical (unpaired) electrons. The third-order valence-corrected chi connectivity index (χ3v) is 3.12. The number of rotatable bonds is 4. The molecule has 0 heterocycles. The Kier molecular flexibility index (Phi) is 4.27. The molecule has 0 bridgehead atoms. The number of aliphatic hydroxyl groups excluding tert-OH is 1. The SMILES string of the molecule is Cc1cc(F)ccc1CC(O)Cc1cccc(F)c1. The lowest BCUT2D eigenvalue weighted by Crippen LogP contribution is -2.14. The van der Waals surface area contributed by atoms with E-state index in [1.54, 1.807) is 18.2 Å². The lowest BCUT2D eigenvalue weighted by molar-refractivity contribution is 0.175. The molecule has 0 aliphatic carbocycles. The van der Waals surface area contributed by atoms with Crippen molar-refractivity contribution in [3.8, 4) is 0 Å². The molecule has 0 aliphatic rings. The Balaban J connectivity index is 2.03. The molecule has 1 unspecified atom stereocenters. The summed E-state index contributed by atoms with van der Waals surface area (Å²) in [5, 5.41) is 10.0. The van der Waals surface area contributed by atoms with Gasteiger partial charge in [0.2, 0.25) is 0 Å². The number of hydrogen-bond acceptors (Lipinski definition) is 1. The van der Waals surface area contributed by atoms with Crippen molar-refractivity contribution in [2.45, 2.75) is 25.9 Å². The molecule has 1 atom stereocenters. The molecule has 0 saturated heterocycles. The van der Waals surface area contributed by atoms with E-state index in [0.717, 1.165) is 16.7 Å². The monoisotopic (exact) mass is 262 g/mol. The summed E-state index contributed by atoms with van der Waals surface area (Å²) in [7, 11) is 0. The quantitative estimate of drug-likeness (QED) is 0.895. The van der Waals surface area contributed by atoms with E-state index in [1.165, 1.54) is 24.3 Å². The minimum atomic E-state index is -0.606. The van der Waals surface area contributed by atoms with Gasteiger partial charge in [-0.2, -0.15) is 0 Å². The smallest absolute Gasteiger partial charge is 0.123 e. The molecule has 0 aromatic heterocycles. The molecule has 19 heavy (non-hydrogen) atoms. The van der Waals surface area contributed by atoms with Crippen molar-refractivity contribution in [2.24, 2.45) is 0 Å². The average molecular weight is 262 g/mol. The largest absolute Gasteiger partial charge is 0.392 e. The fraction of sp³-hybridized carbons (Fsp3) is 0.250. The van der Waals surface area contributed by atoms with E-state index in [2.05, 4.69) is 0 Å². The lowest BCUT2D eigenvalue weighted by atomic mass is 9.98. The lowest BCUT2D eigenvalue weighted by Gasteiger charge is -2.13. The van der Waals surface area contributed by atoms with Gasteiger partial charge in [0, 0.05) is 0 Å². The summed E-state index contributed by atoms with van der Waals surface area (Å²) < 4.78 is 26.0. The summed E-state index contributed by atoms with van der Waals surface area (Å²) >= 11 is 0. The van der Waals surface area contributed by atoms with Gasteiger partial charge >= 0.3 is 0 Å². The van der Waals surface area contributed by atoms with E-state index in [9.17, 15) is 13.9 Å². The minimum absolute atomic E-state index is 0.277. The molecule has 0 spiro atoms. The van der Waals surface area contributed by atoms with Crippen LogP contribution in [0.1, 0.15) is 16.7 Å². The van der Waals surface area contributed by atoms with Gasteiger partial charge in [0.05, 0.1) is 6.10 Å². The highest BCUT2D eigenvalue weighted by atomic mass is 19.1. The third-order valence-electron chi connectivity index (χ3n) is 3.12. The Hall–Kier alpha value is -1.74. The molecule has 0 aliphatic heterocycles. The standard InChI is InChI=1S/C16H16F2O/c1-11-7-15(18)6-5-13(11)10-16(19)9-12-3-2-4-14(17)8-12/h2-8,16,19H,9-10H2,1H3. The van der Waals surface area contributed by atoms with Crippen LogP contribution in [-0.2, 0) is 12.8 Å². The van der Waals surface area contributed by atoms with Gasteiger partial charge in [-0.25, -0.2) is 8.78 Å². The zero-order chi connectivity index (χ0) is 13.8. The van der Waals surface area contributed by atoms with E-state index in [1.807, 2.05) is 6.92 Å². The van der Waals surface area contributed by atoms with Crippen molar-refractivity contribution in [1.29, 1.82) is 0 Å². The molecule has 2 aromatic rings. The normalized spacial score (nSPS) is 12.4. The topological polar surface area (TPSA) is 20.2 Å². The first-order valence-corrected chi connectivity index (χ1v) is 6.22. The predicted molar refractivity (Wildman–Crippen MR) is 71.0 cm³/mol. The molecule has 1 nitrogen and oxygen atoms in total. The van der Waals surface area contributed by atoms with E-state index in [0.29, 0.717) is 12.8 Å². The van der Waals surface area contributed by atoms with Gasteiger partial charge in [-0.1, -0.05) is 18.2 Å². The first-order valence-electron chi connectivity index (χ1n) is 6.22. The van der Waals surface area contributed by atoms with Gasteiger partial charge in [0.1, 0.15) is 11.6 Å². The third kappa shape index (κ3) is 3.86. The number of aryl methyl sites for hydroxylation is 1. The summed E-state index contributed by atoms with van der Waals surface area (Å²) in [5.41, 5.74) is 2.48. The van der Waals surface area contributed by atoms with Gasteiger partial charge in [0.25, 0.3) is 0 Å². The second kappa shape index (κ2) is 5.93. The van der Waals surface area contributed by atoms with Crippen LogP contribution in [0.3, 0.4) is 0 Å². The van der Waals surface area contributed by atoms with Crippen LogP contribution in [0.2, 0.25) is 0 Å². The van der Waals surface area contributed by atoms with Gasteiger partial charge in [0.15, 0.2) is 0 Å². The van der Waals surface area contributed by atoms with Gasteiger partial charge in [-0.05, 0) is 60.7 Å². The number of aliphatic hydroxyl groups is 1. The van der Waals surface area contributed by atoms with Crippen LogP contribution < -0.4 is 0 Å². The average Bonchev–Trinajstić information content (AvgIpc) is 2.33. The first-order chi connectivity index (χ1) is 9.04. The van der Waals surface area contributed by atoms with E-state index in [4.69, 9.17) is 0 Å². The molecular weight excluding hydrogens is 246 g/mol. The van der Waals surface area contributed by atoms with Crippen LogP contribution in [0.5, 0.6) is 0 Å². The molecule has 0 fully saturated rings. The molecule has 2 aromatic carbocycles. The van der Waals surface area contributed by atoms with Crippen LogP contribution in [0, 0.1) is 18.6 Å². The van der Waals surface area contributed by atoms with Crippen LogP contribution >= 0.6 is 0 Å². The van der Waals surface area contributed by atoms with Gasteiger partial charge in [-0.15, -0.1) is 0 Å². The Labute approximate surface area is 111 Å². The fourth-order valence-corrected chi connectivity index (χ4v) is 2.15. The maximum atomic E-state index is 13.0. The van der Waals surface area contributed by atoms with E-state index in [-0.39, 0.29) is 11.6 Å². The fourth-order valence-electron chi connectivity index (χ4n) is 2.15. The second-order valence-electron chi connectivity index (χ2n) is 4.76. The van der Waals surface area contributed by atoms with Crippen molar-refractivity contribution < 1.29 is 13.9 Å². The molecule has 1 N–H and O–H groups in total. The first kappa shape index (κ1) is 13.7. The molecule has 3 heteroatoms. The minimum Gasteiger partial charge on any atom is -0.392 e. The van der Waals surface area contributed by atoms with Crippen molar-refractivity contribution in [2.75, 3.05) is 0 Å². The van der Waals surface area contributed by atoms with Crippen molar-refractivity contribution >= 4 is 0 Å². The maximum absolute atomic E-state index is 13.0. The van der Waals surface area contributed by atoms with Gasteiger partial charge < -0.3 is 5.11 Å². The van der Waals surface area contributed by atoms with Crippen molar-refractivity contribution in [3.05, 3.63) is 70.8 Å². The summed E-state index contributed by atoms with van der Waals surface area (Å²) in [6.45, 7) is 1.81. The van der Waals surface area contributed by atoms with E-state index < -0.39 is 6.10 Å². The number of halogens is 2. The Morgan fingerprint density at radius 2 is 1.74 bits per heavy atom. The summed E-state index contributed by atoms with van der Waals surface area (Å²) in [6.07, 6.45) is 0.211. The molecule has 100 valence electrons. The summed E-state index contributed by atoms with van der Waals surface area (Å²) in [6, 6.07) is 10.7. The summed E-state index contributed by atoms with van der Waals surface area (Å²) in [5.74, 6) is -0.580. The highest BCUT2D eigenvalue weighted by molar-refractivity contribution is 5.27. The summed E-state index contributed by atoms with van der Waals surface area (Å²) in [4.78, 5) is 0. The molecule has 2 rings (SSSR count). The van der Waals surface area contributed by atoms with Crippen LogP contribution in [-0.4, -0.2) is 11.2 Å². The number of benzene rings is 2. The highest BCUT2D eigenvalue weighted by Crippen LogP contribution is 2.15. The number of hydrogen-bond donors (Lipinski definition) is 1. The van der Waals surface area contributed by atoms with Crippen LogP contribution in [0.15, 0.2) is 42.5 Å². The Bertz CT molecular complexity index is 566. The molecule has 0 saturated carbocycles. The van der Waals surface area contributed by atoms with Crippen LogP contribution in [0.4, 0.5) is 8.78 Å². The zero-order valence-electron chi connectivity index (χ0n) is 10.7. The maximum Gasteiger partial charge on any atom is 0.123 e. The Morgan fingerprint density at radius 3 is 2.42 bits per heavy atom. The van der Waals surface area contributed by atoms with Crippen molar-refractivity contribution in [3.63, 3.8) is 0 Å². The zero-order valence-corrected chi connectivity index (χ0v) is 10.7. The Morgan fingerprint density at radius 1 is 1.00 bits per heavy atom. The molecule has 0 amide bonds. The van der Waals surface area contributed by atoms with Gasteiger partial charge in [-0.3, -0.25) is 0 Å². The van der Waals surface area contributed by atoms with Crippen LogP contribution in [0.25, 0.3) is 0 Å². The van der Waals surface area contributed by atoms with E-state index >= 15 is 0 Å².